The molecule has 0 aliphatic carbocycles. The van der Waals surface area contributed by atoms with Gasteiger partial charge >= 0.3 is 12.1 Å². The highest BCUT2D eigenvalue weighted by atomic mass is 16.6. The fraction of sp³-hybridized carbons (Fsp3) is 0.423. The molecule has 0 saturated carbocycles. The van der Waals surface area contributed by atoms with Crippen LogP contribution in [0.5, 0.6) is 5.75 Å². The van der Waals surface area contributed by atoms with Crippen molar-refractivity contribution in [1.29, 1.82) is 0 Å². The predicted octanol–water partition coefficient (Wildman–Crippen LogP) is 4.34. The first kappa shape index (κ1) is 26.0. The number of H-pyrrole nitrogens is 1. The molecule has 0 fully saturated rings. The third-order valence-corrected chi connectivity index (χ3v) is 4.60. The molecular weight excluding hydrogens is 450 g/mol. The van der Waals surface area contributed by atoms with Gasteiger partial charge in [0.15, 0.2) is 6.10 Å². The lowest BCUT2D eigenvalue weighted by molar-refractivity contribution is -0.166. The highest BCUT2D eigenvalue weighted by molar-refractivity contribution is 5.82. The van der Waals surface area contributed by atoms with Crippen LogP contribution in [0, 0.1) is 0 Å². The van der Waals surface area contributed by atoms with E-state index in [9.17, 15) is 14.7 Å². The van der Waals surface area contributed by atoms with Crippen molar-refractivity contribution >= 4 is 23.1 Å². The van der Waals surface area contributed by atoms with Crippen LogP contribution in [-0.2, 0) is 20.8 Å². The van der Waals surface area contributed by atoms with E-state index in [2.05, 4.69) is 15.3 Å². The van der Waals surface area contributed by atoms with Crippen molar-refractivity contribution in [1.82, 2.24) is 15.3 Å². The summed E-state index contributed by atoms with van der Waals surface area (Å²) in [6.07, 6.45) is -1.87. The van der Waals surface area contributed by atoms with E-state index in [0.717, 1.165) is 22.2 Å². The number of hydrogen-bond acceptors (Lipinski definition) is 7. The van der Waals surface area contributed by atoms with Crippen molar-refractivity contribution in [3.05, 3.63) is 48.3 Å². The Hall–Kier alpha value is -3.59. The number of esters is 1. The number of carbonyl (C=O) groups excluding carboxylic acids is 2. The number of carbonyl (C=O) groups is 2. The van der Waals surface area contributed by atoms with Crippen LogP contribution in [0.2, 0.25) is 0 Å². The zero-order chi connectivity index (χ0) is 25.8. The Bertz CT molecular complexity index is 1170. The number of imidazole rings is 1. The largest absolute Gasteiger partial charge is 0.490 e. The van der Waals surface area contributed by atoms with E-state index < -0.39 is 29.4 Å². The molecule has 3 N–H and O–H groups in total. The summed E-state index contributed by atoms with van der Waals surface area (Å²) in [4.78, 5) is 31.5. The van der Waals surface area contributed by atoms with Crippen LogP contribution in [0.25, 0.3) is 22.2 Å². The first-order valence-electron chi connectivity index (χ1n) is 11.4. The standard InChI is InChI=1S/C26H33N3O6/c1-25(2,3)34-23(31)21(30)15-33-18-10-7-16(8-11-18)17-9-12-19-20(13-17)29-22(28-19)14-27-24(32)35-26(4,5)6/h7-13,21,30H,14-15H2,1-6H3,(H,27,32)(H,28,29). The summed E-state index contributed by atoms with van der Waals surface area (Å²) < 4.78 is 15.9. The molecule has 9 nitrogen and oxygen atoms in total. The summed E-state index contributed by atoms with van der Waals surface area (Å²) in [7, 11) is 0. The summed E-state index contributed by atoms with van der Waals surface area (Å²) in [5.41, 5.74) is 2.30. The molecule has 35 heavy (non-hydrogen) atoms. The highest BCUT2D eigenvalue weighted by Crippen LogP contribution is 2.25. The lowest BCUT2D eigenvalue weighted by Crippen LogP contribution is -2.35. The Morgan fingerprint density at radius 2 is 1.60 bits per heavy atom. The molecule has 0 aliphatic heterocycles. The minimum absolute atomic E-state index is 0.200. The molecule has 2 aromatic carbocycles. The summed E-state index contributed by atoms with van der Waals surface area (Å²) in [6, 6.07) is 13.1. The van der Waals surface area contributed by atoms with E-state index in [1.165, 1.54) is 0 Å². The Labute approximate surface area is 204 Å². The third kappa shape index (κ3) is 7.99. The van der Waals surface area contributed by atoms with Crippen LogP contribution >= 0.6 is 0 Å². The molecule has 188 valence electrons. The average Bonchev–Trinajstić information content (AvgIpc) is 3.16. The van der Waals surface area contributed by atoms with E-state index in [-0.39, 0.29) is 13.2 Å². The third-order valence-electron chi connectivity index (χ3n) is 4.60. The molecule has 3 rings (SSSR count). The molecule has 1 aromatic heterocycles. The lowest BCUT2D eigenvalue weighted by atomic mass is 10.1. The molecular formula is C26H33N3O6. The van der Waals surface area contributed by atoms with Crippen molar-refractivity contribution in [2.75, 3.05) is 6.61 Å². The number of aromatic amines is 1. The number of benzene rings is 2. The maximum absolute atomic E-state index is 11.9. The van der Waals surface area contributed by atoms with Gasteiger partial charge in [0.1, 0.15) is 29.4 Å². The predicted molar refractivity (Wildman–Crippen MR) is 132 cm³/mol. The number of aromatic nitrogens is 2. The summed E-state index contributed by atoms with van der Waals surface area (Å²) in [5, 5.41) is 12.6. The normalized spacial score (nSPS) is 12.8. The quantitative estimate of drug-likeness (QED) is 0.427. The van der Waals surface area contributed by atoms with Gasteiger partial charge in [0.2, 0.25) is 0 Å². The fourth-order valence-electron chi connectivity index (χ4n) is 3.15. The molecule has 0 bridgehead atoms. The van der Waals surface area contributed by atoms with E-state index in [0.29, 0.717) is 11.6 Å². The van der Waals surface area contributed by atoms with Crippen molar-refractivity contribution in [3.63, 3.8) is 0 Å². The smallest absolute Gasteiger partial charge is 0.408 e. The Balaban J connectivity index is 1.60. The van der Waals surface area contributed by atoms with Crippen LogP contribution in [0.15, 0.2) is 42.5 Å². The molecule has 0 spiro atoms. The van der Waals surface area contributed by atoms with Crippen molar-refractivity contribution in [3.8, 4) is 16.9 Å². The van der Waals surface area contributed by atoms with Crippen LogP contribution in [0.1, 0.15) is 47.4 Å². The van der Waals surface area contributed by atoms with Gasteiger partial charge in [-0.1, -0.05) is 18.2 Å². The first-order chi connectivity index (χ1) is 16.3. The maximum atomic E-state index is 11.9. The molecule has 1 unspecified atom stereocenters. The molecule has 0 radical (unpaired) electrons. The van der Waals surface area contributed by atoms with Gasteiger partial charge in [0, 0.05) is 0 Å². The lowest BCUT2D eigenvalue weighted by Gasteiger charge is -2.21. The average molecular weight is 484 g/mol. The van der Waals surface area contributed by atoms with Crippen molar-refractivity contribution < 1.29 is 28.9 Å². The molecule has 1 atom stereocenters. The number of nitrogens with one attached hydrogen (secondary N) is 2. The van der Waals surface area contributed by atoms with Gasteiger partial charge in [-0.25, -0.2) is 14.6 Å². The molecule has 0 aliphatic rings. The van der Waals surface area contributed by atoms with Gasteiger partial charge in [-0.15, -0.1) is 0 Å². The molecule has 9 heteroatoms. The summed E-state index contributed by atoms with van der Waals surface area (Å²) >= 11 is 0. The van der Waals surface area contributed by atoms with E-state index in [1.807, 2.05) is 30.3 Å². The second kappa shape index (κ2) is 10.4. The highest BCUT2D eigenvalue weighted by Gasteiger charge is 2.23. The Morgan fingerprint density at radius 3 is 2.23 bits per heavy atom. The molecule has 1 heterocycles. The van der Waals surface area contributed by atoms with E-state index in [4.69, 9.17) is 14.2 Å². The Kier molecular flexibility index (Phi) is 7.70. The number of fused-ring (bicyclic) bond motifs is 1. The fourth-order valence-corrected chi connectivity index (χ4v) is 3.15. The first-order valence-corrected chi connectivity index (χ1v) is 11.4. The molecule has 3 aromatic rings. The number of amides is 1. The second-order valence-electron chi connectivity index (χ2n) is 10.2. The van der Waals surface area contributed by atoms with Gasteiger partial charge in [-0.3, -0.25) is 0 Å². The SMILES string of the molecule is CC(C)(C)OC(=O)NCc1nc2ccc(-c3ccc(OCC(O)C(=O)OC(C)(C)C)cc3)cc2[nH]1. The second-order valence-corrected chi connectivity index (χ2v) is 10.2. The summed E-state index contributed by atoms with van der Waals surface area (Å²) in [6.45, 7) is 10.7. The van der Waals surface area contributed by atoms with Gasteiger partial charge in [0.25, 0.3) is 0 Å². The number of ether oxygens (including phenoxy) is 3. The van der Waals surface area contributed by atoms with Crippen LogP contribution in [-0.4, -0.2) is 51.0 Å². The van der Waals surface area contributed by atoms with Gasteiger partial charge < -0.3 is 29.6 Å². The maximum Gasteiger partial charge on any atom is 0.408 e. The number of aliphatic hydroxyl groups is 1. The number of rotatable bonds is 7. The minimum Gasteiger partial charge on any atom is -0.490 e. The zero-order valence-corrected chi connectivity index (χ0v) is 21.0. The van der Waals surface area contributed by atoms with Crippen molar-refractivity contribution in [2.24, 2.45) is 0 Å². The Morgan fingerprint density at radius 1 is 0.971 bits per heavy atom. The van der Waals surface area contributed by atoms with Gasteiger partial charge in [0.05, 0.1) is 17.6 Å². The number of aliphatic hydroxyl groups excluding tert-OH is 1. The monoisotopic (exact) mass is 483 g/mol. The number of alkyl carbamates (subject to hydrolysis) is 1. The van der Waals surface area contributed by atoms with E-state index >= 15 is 0 Å². The number of hydrogen-bond donors (Lipinski definition) is 3. The van der Waals surface area contributed by atoms with Crippen LogP contribution < -0.4 is 10.1 Å². The van der Waals surface area contributed by atoms with Crippen LogP contribution in [0.4, 0.5) is 4.79 Å². The molecule has 0 saturated heterocycles. The van der Waals surface area contributed by atoms with Crippen LogP contribution in [0.3, 0.4) is 0 Å². The zero-order valence-electron chi connectivity index (χ0n) is 21.0. The minimum atomic E-state index is -1.37. The number of nitrogens with zero attached hydrogens (tertiary/aromatic N) is 1. The van der Waals surface area contributed by atoms with Crippen molar-refractivity contribution in [2.45, 2.75) is 65.4 Å². The summed E-state index contributed by atoms with van der Waals surface area (Å²) in [5.74, 6) is 0.424. The van der Waals surface area contributed by atoms with Gasteiger partial charge in [-0.2, -0.15) is 0 Å². The van der Waals surface area contributed by atoms with Gasteiger partial charge in [-0.05, 0) is 76.9 Å². The topological polar surface area (TPSA) is 123 Å². The van der Waals surface area contributed by atoms with E-state index in [1.54, 1.807) is 53.7 Å². The molecule has 1 amide bonds.